The molecule has 3 heterocycles. The number of nitrogens with zero attached hydrogens (tertiary/aromatic N) is 4. The van der Waals surface area contributed by atoms with Gasteiger partial charge in [0.1, 0.15) is 11.5 Å². The second-order valence-electron chi connectivity index (χ2n) is 6.03. The number of carbonyl (C=O) groups is 1. The second-order valence-corrected chi connectivity index (χ2v) is 6.03. The fraction of sp³-hybridized carbons (Fsp3) is 0.105. The quantitative estimate of drug-likeness (QED) is 0.469. The van der Waals surface area contributed by atoms with E-state index in [2.05, 4.69) is 30.6 Å². The minimum Gasteiger partial charge on any atom is -0.350 e. The van der Waals surface area contributed by atoms with Crippen LogP contribution >= 0.6 is 0 Å². The third-order valence-electron chi connectivity index (χ3n) is 4.08. The van der Waals surface area contributed by atoms with Crippen molar-refractivity contribution in [2.45, 2.75) is 6.42 Å². The Kier molecular flexibility index (Phi) is 4.79. The molecule has 0 saturated heterocycles. The molecule has 0 fully saturated rings. The van der Waals surface area contributed by atoms with E-state index in [-0.39, 0.29) is 17.2 Å². The number of nitrogens with one attached hydrogen (secondary N) is 3. The van der Waals surface area contributed by atoms with Crippen molar-refractivity contribution < 1.29 is 4.79 Å². The van der Waals surface area contributed by atoms with E-state index in [1.54, 1.807) is 24.5 Å². The summed E-state index contributed by atoms with van der Waals surface area (Å²) in [5, 5.41) is 12.6. The van der Waals surface area contributed by atoms with Crippen molar-refractivity contribution in [3.63, 3.8) is 0 Å². The van der Waals surface area contributed by atoms with Gasteiger partial charge in [-0.25, -0.2) is 9.67 Å². The maximum absolute atomic E-state index is 12.3. The molecule has 0 aliphatic carbocycles. The molecular formula is C19H17N7O2. The van der Waals surface area contributed by atoms with Crippen molar-refractivity contribution in [1.29, 1.82) is 0 Å². The molecule has 140 valence electrons. The standard InChI is InChI=1S/C19H17N7O2/c27-17-11-15(25-26(17)14-6-2-1-3-7-14)19(28)21-10-8-16-22-18(24-23-16)13-5-4-9-20-12-13/h1-7,9,11-12,25H,8,10H2,(H,21,28)(H,22,23,24). The number of amides is 1. The summed E-state index contributed by atoms with van der Waals surface area (Å²) in [5.41, 5.74) is 1.38. The Morgan fingerprint density at radius 3 is 2.79 bits per heavy atom. The summed E-state index contributed by atoms with van der Waals surface area (Å²) < 4.78 is 1.32. The van der Waals surface area contributed by atoms with Gasteiger partial charge in [0.2, 0.25) is 0 Å². The number of para-hydroxylation sites is 1. The fourth-order valence-electron chi connectivity index (χ4n) is 2.70. The van der Waals surface area contributed by atoms with Gasteiger partial charge in [-0.05, 0) is 24.3 Å². The summed E-state index contributed by atoms with van der Waals surface area (Å²) in [6.07, 6.45) is 3.84. The van der Waals surface area contributed by atoms with E-state index in [4.69, 9.17) is 0 Å². The second kappa shape index (κ2) is 7.70. The lowest BCUT2D eigenvalue weighted by atomic mass is 10.3. The maximum atomic E-state index is 12.3. The smallest absolute Gasteiger partial charge is 0.271 e. The van der Waals surface area contributed by atoms with E-state index in [1.165, 1.54) is 10.7 Å². The van der Waals surface area contributed by atoms with E-state index in [9.17, 15) is 9.59 Å². The van der Waals surface area contributed by atoms with Gasteiger partial charge in [-0.1, -0.05) is 18.2 Å². The summed E-state index contributed by atoms with van der Waals surface area (Å²) in [6.45, 7) is 0.346. The van der Waals surface area contributed by atoms with Gasteiger partial charge in [-0.15, -0.1) is 0 Å². The van der Waals surface area contributed by atoms with Crippen molar-refractivity contribution >= 4 is 5.91 Å². The van der Waals surface area contributed by atoms with Crippen molar-refractivity contribution in [3.8, 4) is 17.1 Å². The zero-order valence-corrected chi connectivity index (χ0v) is 14.8. The largest absolute Gasteiger partial charge is 0.350 e. The molecule has 28 heavy (non-hydrogen) atoms. The lowest BCUT2D eigenvalue weighted by Gasteiger charge is -2.03. The van der Waals surface area contributed by atoms with Gasteiger partial charge >= 0.3 is 0 Å². The zero-order chi connectivity index (χ0) is 19.3. The summed E-state index contributed by atoms with van der Waals surface area (Å²) in [6, 6.07) is 14.0. The third kappa shape index (κ3) is 3.73. The van der Waals surface area contributed by atoms with Crippen LogP contribution in [0, 0.1) is 0 Å². The van der Waals surface area contributed by atoms with E-state index < -0.39 is 0 Å². The third-order valence-corrected chi connectivity index (χ3v) is 4.08. The van der Waals surface area contributed by atoms with Crippen LogP contribution in [0.15, 0.2) is 65.7 Å². The summed E-state index contributed by atoms with van der Waals surface area (Å²) in [7, 11) is 0. The molecule has 9 heteroatoms. The first-order valence-corrected chi connectivity index (χ1v) is 8.68. The molecule has 3 N–H and O–H groups in total. The minimum atomic E-state index is -0.362. The minimum absolute atomic E-state index is 0.197. The van der Waals surface area contributed by atoms with Crippen LogP contribution in [0.1, 0.15) is 16.3 Å². The summed E-state index contributed by atoms with van der Waals surface area (Å²) in [4.78, 5) is 32.8. The lowest BCUT2D eigenvalue weighted by molar-refractivity contribution is 0.0948. The average Bonchev–Trinajstić information content (AvgIpc) is 3.36. The van der Waals surface area contributed by atoms with Crippen LogP contribution in [0.2, 0.25) is 0 Å². The number of aromatic amines is 2. The van der Waals surface area contributed by atoms with Crippen LogP contribution in [0.5, 0.6) is 0 Å². The maximum Gasteiger partial charge on any atom is 0.271 e. The zero-order valence-electron chi connectivity index (χ0n) is 14.8. The van der Waals surface area contributed by atoms with Crippen molar-refractivity contribution in [2.75, 3.05) is 6.54 Å². The molecule has 9 nitrogen and oxygen atoms in total. The average molecular weight is 375 g/mol. The summed E-state index contributed by atoms with van der Waals surface area (Å²) >= 11 is 0. The molecule has 1 amide bonds. The van der Waals surface area contributed by atoms with Crippen LogP contribution in [0.25, 0.3) is 17.1 Å². The molecule has 4 rings (SSSR count). The normalized spacial score (nSPS) is 10.7. The first-order valence-electron chi connectivity index (χ1n) is 8.68. The van der Waals surface area contributed by atoms with Gasteiger partial charge in [-0.2, -0.15) is 5.10 Å². The van der Waals surface area contributed by atoms with Gasteiger partial charge in [-0.3, -0.25) is 24.8 Å². The molecule has 0 aliphatic rings. The molecule has 4 aromatic rings. The van der Waals surface area contributed by atoms with Gasteiger partial charge in [0.15, 0.2) is 5.82 Å². The highest BCUT2D eigenvalue weighted by Crippen LogP contribution is 2.12. The van der Waals surface area contributed by atoms with E-state index in [0.29, 0.717) is 30.3 Å². The molecule has 0 aliphatic heterocycles. The SMILES string of the molecule is O=C(NCCc1nc(-c2cccnc2)n[nH]1)c1cc(=O)n(-c2ccccc2)[nH]1. The number of carbonyl (C=O) groups excluding carboxylic acids is 1. The number of H-pyrrole nitrogens is 2. The van der Waals surface area contributed by atoms with E-state index in [0.717, 1.165) is 5.56 Å². The molecule has 1 aromatic carbocycles. The van der Waals surface area contributed by atoms with Crippen molar-refractivity contribution in [1.82, 2.24) is 35.3 Å². The molecule has 0 saturated carbocycles. The van der Waals surface area contributed by atoms with Gasteiger partial charge in [0.25, 0.3) is 11.5 Å². The van der Waals surface area contributed by atoms with E-state index >= 15 is 0 Å². The summed E-state index contributed by atoms with van der Waals surface area (Å²) in [5.74, 6) is 0.840. The van der Waals surface area contributed by atoms with Crippen LogP contribution < -0.4 is 10.9 Å². The molecular weight excluding hydrogens is 358 g/mol. The van der Waals surface area contributed by atoms with Gasteiger partial charge in [0.05, 0.1) is 5.69 Å². The highest BCUT2D eigenvalue weighted by atomic mass is 16.2. The van der Waals surface area contributed by atoms with Crippen molar-refractivity contribution in [2.24, 2.45) is 0 Å². The lowest BCUT2D eigenvalue weighted by Crippen LogP contribution is -2.26. The van der Waals surface area contributed by atoms with Crippen LogP contribution in [-0.2, 0) is 6.42 Å². The number of hydrogen-bond donors (Lipinski definition) is 3. The Balaban J connectivity index is 1.37. The molecule has 0 radical (unpaired) electrons. The Bertz CT molecular complexity index is 1130. The number of rotatable bonds is 6. The number of pyridine rings is 1. The number of benzene rings is 1. The first-order chi connectivity index (χ1) is 13.7. The first kappa shape index (κ1) is 17.4. The van der Waals surface area contributed by atoms with Crippen LogP contribution in [0.3, 0.4) is 0 Å². The fourth-order valence-corrected chi connectivity index (χ4v) is 2.70. The predicted octanol–water partition coefficient (Wildman–Crippen LogP) is 1.32. The number of hydrogen-bond acceptors (Lipinski definition) is 5. The van der Waals surface area contributed by atoms with Crippen LogP contribution in [0.4, 0.5) is 0 Å². The molecule has 3 aromatic heterocycles. The Morgan fingerprint density at radius 2 is 2.00 bits per heavy atom. The highest BCUT2D eigenvalue weighted by Gasteiger charge is 2.12. The van der Waals surface area contributed by atoms with Gasteiger partial charge < -0.3 is 5.32 Å². The Labute approximate surface area is 159 Å². The van der Waals surface area contributed by atoms with Crippen molar-refractivity contribution in [3.05, 3.63) is 82.8 Å². The molecule has 0 unspecified atom stereocenters. The van der Waals surface area contributed by atoms with E-state index in [1.807, 2.05) is 30.3 Å². The van der Waals surface area contributed by atoms with Gasteiger partial charge in [0, 0.05) is 37.0 Å². The predicted molar refractivity (Wildman–Crippen MR) is 102 cm³/mol. The molecule has 0 bridgehead atoms. The Hall–Kier alpha value is -4.01. The molecule has 0 spiro atoms. The Morgan fingerprint density at radius 1 is 1.14 bits per heavy atom. The monoisotopic (exact) mass is 375 g/mol. The van der Waals surface area contributed by atoms with Crippen LogP contribution in [-0.4, -0.2) is 42.4 Å². The topological polar surface area (TPSA) is 121 Å². The molecule has 0 atom stereocenters. The highest BCUT2D eigenvalue weighted by molar-refractivity contribution is 5.92. The number of aromatic nitrogens is 6.